The van der Waals surface area contributed by atoms with Crippen LogP contribution in [-0.2, 0) is 4.74 Å². The van der Waals surface area contributed by atoms with Gasteiger partial charge in [-0.05, 0) is 12.3 Å². The summed E-state index contributed by atoms with van der Waals surface area (Å²) >= 11 is 0. The molecule has 2 heteroatoms. The lowest BCUT2D eigenvalue weighted by Gasteiger charge is -2.19. The summed E-state index contributed by atoms with van der Waals surface area (Å²) in [5.41, 5.74) is 0. The first-order valence-corrected chi connectivity index (χ1v) is 4.19. The first-order valence-electron chi connectivity index (χ1n) is 4.19. The molecule has 66 valence electrons. The van der Waals surface area contributed by atoms with Crippen LogP contribution in [0.25, 0.3) is 0 Å². The van der Waals surface area contributed by atoms with Gasteiger partial charge in [0.05, 0.1) is 13.2 Å². The second kappa shape index (κ2) is 5.61. The van der Waals surface area contributed by atoms with Crippen molar-refractivity contribution in [3.63, 3.8) is 0 Å². The highest BCUT2D eigenvalue weighted by Crippen LogP contribution is 1.97. The van der Waals surface area contributed by atoms with Crippen molar-refractivity contribution >= 4 is 0 Å². The van der Waals surface area contributed by atoms with Gasteiger partial charge >= 0.3 is 0 Å². The Hall–Kier alpha value is -1.02. The maximum Gasteiger partial charge on any atom is 0.0645 e. The van der Waals surface area contributed by atoms with Crippen LogP contribution in [0.1, 0.15) is 0 Å². The first kappa shape index (κ1) is 9.07. The summed E-state index contributed by atoms with van der Waals surface area (Å²) in [6.07, 6.45) is 10.1. The van der Waals surface area contributed by atoms with Gasteiger partial charge in [0.25, 0.3) is 0 Å². The van der Waals surface area contributed by atoms with Crippen LogP contribution in [0.5, 0.6) is 0 Å². The number of allylic oxidation sites excluding steroid dienone is 2. The van der Waals surface area contributed by atoms with Crippen molar-refractivity contribution in [2.24, 2.45) is 0 Å². The number of ether oxygens (including phenoxy) is 1. The molecule has 0 bridgehead atoms. The molecular weight excluding hydrogens is 150 g/mol. The quantitative estimate of drug-likeness (QED) is 0.453. The lowest BCUT2D eigenvalue weighted by Crippen LogP contribution is -2.23. The third-order valence-corrected chi connectivity index (χ3v) is 1.64. The smallest absolute Gasteiger partial charge is 0.0645 e. The molecule has 0 N–H and O–H groups in total. The van der Waals surface area contributed by atoms with Crippen molar-refractivity contribution in [1.82, 2.24) is 4.90 Å². The third-order valence-electron chi connectivity index (χ3n) is 1.64. The molecule has 0 atom stereocenters. The predicted octanol–water partition coefficient (Wildman–Crippen LogP) is 1.57. The number of nitrogens with zero attached hydrogens (tertiary/aromatic N) is 1. The van der Waals surface area contributed by atoms with Gasteiger partial charge < -0.3 is 9.64 Å². The van der Waals surface area contributed by atoms with Crippen LogP contribution < -0.4 is 0 Å². The molecule has 2 nitrogen and oxygen atoms in total. The molecule has 1 aliphatic rings. The van der Waals surface area contributed by atoms with E-state index >= 15 is 0 Å². The molecule has 0 spiro atoms. The van der Waals surface area contributed by atoms with E-state index in [4.69, 9.17) is 4.74 Å². The SMILES string of the molecule is C=CCOCCN1C=CC=CC1. The topological polar surface area (TPSA) is 12.5 Å². The number of rotatable bonds is 5. The molecular formula is C10H15NO. The molecule has 0 saturated carbocycles. The maximum atomic E-state index is 5.27. The Labute approximate surface area is 73.8 Å². The van der Waals surface area contributed by atoms with Gasteiger partial charge in [-0.15, -0.1) is 6.58 Å². The van der Waals surface area contributed by atoms with Gasteiger partial charge in [-0.25, -0.2) is 0 Å². The Kier molecular flexibility index (Phi) is 4.24. The van der Waals surface area contributed by atoms with Crippen LogP contribution in [-0.4, -0.2) is 31.2 Å². The average molecular weight is 165 g/mol. The summed E-state index contributed by atoms with van der Waals surface area (Å²) in [7, 11) is 0. The highest BCUT2D eigenvalue weighted by atomic mass is 16.5. The lowest BCUT2D eigenvalue weighted by molar-refractivity contribution is 0.143. The number of hydrogen-bond acceptors (Lipinski definition) is 2. The molecule has 0 saturated heterocycles. The van der Waals surface area contributed by atoms with E-state index in [1.165, 1.54) is 0 Å². The molecule has 0 aliphatic carbocycles. The van der Waals surface area contributed by atoms with Crippen molar-refractivity contribution in [3.8, 4) is 0 Å². The van der Waals surface area contributed by atoms with Crippen LogP contribution in [0.15, 0.2) is 37.1 Å². The summed E-state index contributed by atoms with van der Waals surface area (Å²) in [4.78, 5) is 2.21. The normalized spacial score (nSPS) is 15.2. The van der Waals surface area contributed by atoms with E-state index < -0.39 is 0 Å². The Morgan fingerprint density at radius 2 is 2.42 bits per heavy atom. The largest absolute Gasteiger partial charge is 0.376 e. The fourth-order valence-corrected chi connectivity index (χ4v) is 1.02. The third kappa shape index (κ3) is 3.39. The molecule has 1 aliphatic heterocycles. The standard InChI is InChI=1S/C10H15NO/c1-2-9-12-10-8-11-6-4-3-5-7-11/h2-6H,1,7-10H2. The van der Waals surface area contributed by atoms with Gasteiger partial charge in [0.15, 0.2) is 0 Å². The van der Waals surface area contributed by atoms with E-state index in [0.717, 1.165) is 19.7 Å². The minimum absolute atomic E-state index is 0.646. The molecule has 0 unspecified atom stereocenters. The average Bonchev–Trinajstić information content (AvgIpc) is 2.14. The van der Waals surface area contributed by atoms with Crippen LogP contribution in [0.2, 0.25) is 0 Å². The Balaban J connectivity index is 2.03. The molecule has 0 aromatic carbocycles. The van der Waals surface area contributed by atoms with Crippen LogP contribution >= 0.6 is 0 Å². The van der Waals surface area contributed by atoms with E-state index in [9.17, 15) is 0 Å². The lowest BCUT2D eigenvalue weighted by atomic mass is 10.3. The minimum atomic E-state index is 0.646. The highest BCUT2D eigenvalue weighted by Gasteiger charge is 1.97. The van der Waals surface area contributed by atoms with Crippen LogP contribution in [0.4, 0.5) is 0 Å². The molecule has 0 amide bonds. The summed E-state index contributed by atoms with van der Waals surface area (Å²) in [5.74, 6) is 0. The molecule has 1 rings (SSSR count). The molecule has 0 aromatic heterocycles. The van der Waals surface area contributed by atoms with Crippen molar-refractivity contribution in [1.29, 1.82) is 0 Å². The van der Waals surface area contributed by atoms with Gasteiger partial charge in [0.1, 0.15) is 0 Å². The van der Waals surface area contributed by atoms with E-state index in [-0.39, 0.29) is 0 Å². The minimum Gasteiger partial charge on any atom is -0.376 e. The second-order valence-electron chi connectivity index (χ2n) is 2.63. The van der Waals surface area contributed by atoms with Gasteiger partial charge in [-0.3, -0.25) is 0 Å². The van der Waals surface area contributed by atoms with E-state index in [2.05, 4.69) is 29.8 Å². The number of hydrogen-bond donors (Lipinski definition) is 0. The zero-order chi connectivity index (χ0) is 8.65. The molecule has 12 heavy (non-hydrogen) atoms. The van der Waals surface area contributed by atoms with Crippen LogP contribution in [0, 0.1) is 0 Å². The summed E-state index contributed by atoms with van der Waals surface area (Å²) < 4.78 is 5.27. The zero-order valence-electron chi connectivity index (χ0n) is 7.28. The Bertz CT molecular complexity index is 184. The van der Waals surface area contributed by atoms with Crippen molar-refractivity contribution in [2.45, 2.75) is 0 Å². The van der Waals surface area contributed by atoms with Crippen LogP contribution in [0.3, 0.4) is 0 Å². The highest BCUT2D eigenvalue weighted by molar-refractivity contribution is 5.08. The Morgan fingerprint density at radius 3 is 3.08 bits per heavy atom. The van der Waals surface area contributed by atoms with Gasteiger partial charge in [-0.2, -0.15) is 0 Å². The fourth-order valence-electron chi connectivity index (χ4n) is 1.02. The van der Waals surface area contributed by atoms with Crippen molar-refractivity contribution < 1.29 is 4.74 Å². The molecule has 0 radical (unpaired) electrons. The maximum absolute atomic E-state index is 5.27. The molecule has 1 heterocycles. The Morgan fingerprint density at radius 1 is 1.50 bits per heavy atom. The second-order valence-corrected chi connectivity index (χ2v) is 2.63. The van der Waals surface area contributed by atoms with Crippen molar-refractivity contribution in [2.75, 3.05) is 26.3 Å². The summed E-state index contributed by atoms with van der Waals surface area (Å²) in [5, 5.41) is 0. The van der Waals surface area contributed by atoms with E-state index in [0.29, 0.717) is 6.61 Å². The van der Waals surface area contributed by atoms with Gasteiger partial charge in [-0.1, -0.05) is 18.2 Å². The zero-order valence-corrected chi connectivity index (χ0v) is 7.28. The van der Waals surface area contributed by atoms with Crippen molar-refractivity contribution in [3.05, 3.63) is 37.1 Å². The van der Waals surface area contributed by atoms with E-state index in [1.807, 2.05) is 6.08 Å². The summed E-state index contributed by atoms with van der Waals surface area (Å²) in [6, 6.07) is 0. The van der Waals surface area contributed by atoms with Gasteiger partial charge in [0, 0.05) is 13.1 Å². The van der Waals surface area contributed by atoms with E-state index in [1.54, 1.807) is 6.08 Å². The summed E-state index contributed by atoms with van der Waals surface area (Å²) in [6.45, 7) is 6.94. The first-order chi connectivity index (χ1) is 5.93. The molecule has 0 fully saturated rings. The monoisotopic (exact) mass is 165 g/mol. The predicted molar refractivity (Wildman–Crippen MR) is 50.9 cm³/mol. The van der Waals surface area contributed by atoms with Gasteiger partial charge in [0.2, 0.25) is 0 Å². The fraction of sp³-hybridized carbons (Fsp3) is 0.400. The molecule has 0 aromatic rings.